The quantitative estimate of drug-likeness (QED) is 0.479. The van der Waals surface area contributed by atoms with Crippen LogP contribution in [0.2, 0.25) is 5.02 Å². The van der Waals surface area contributed by atoms with Crippen LogP contribution in [0.5, 0.6) is 5.75 Å². The molecule has 0 N–H and O–H groups in total. The van der Waals surface area contributed by atoms with Crippen molar-refractivity contribution in [1.29, 1.82) is 0 Å². The minimum Gasteiger partial charge on any atom is -0.497 e. The topological polar surface area (TPSA) is 85.3 Å². The molecule has 3 rings (SSSR count). The molecule has 0 fully saturated rings. The maximum absolute atomic E-state index is 13.5. The zero-order chi connectivity index (χ0) is 22.8. The normalized spacial score (nSPS) is 18.0. The molecule has 0 aromatic heterocycles. The zero-order valence-electron chi connectivity index (χ0n) is 17.1. The van der Waals surface area contributed by atoms with Gasteiger partial charge in [-0.25, -0.2) is 4.39 Å². The average Bonchev–Trinajstić information content (AvgIpc) is 2.99. The SMILES string of the molecule is COC(=O)CC1=NN(c2ccc(F)cc2Cl)C(=O)C1(C)C(=O)Cc1cccc(OC)c1. The van der Waals surface area contributed by atoms with Gasteiger partial charge in [-0.05, 0) is 42.8 Å². The molecule has 1 heterocycles. The van der Waals surface area contributed by atoms with Gasteiger partial charge < -0.3 is 9.47 Å². The molecule has 0 saturated carbocycles. The molecule has 1 aliphatic rings. The highest BCUT2D eigenvalue weighted by atomic mass is 35.5. The summed E-state index contributed by atoms with van der Waals surface area (Å²) in [4.78, 5) is 38.6. The molecule has 2 aromatic rings. The molecule has 162 valence electrons. The molecule has 2 aromatic carbocycles. The number of esters is 1. The van der Waals surface area contributed by atoms with Crippen LogP contribution in [0.3, 0.4) is 0 Å². The van der Waals surface area contributed by atoms with Crippen molar-refractivity contribution >= 4 is 40.7 Å². The lowest BCUT2D eigenvalue weighted by Crippen LogP contribution is -2.45. The van der Waals surface area contributed by atoms with E-state index < -0.39 is 28.9 Å². The summed E-state index contributed by atoms with van der Waals surface area (Å²) >= 11 is 6.10. The Morgan fingerprint density at radius 1 is 1.16 bits per heavy atom. The van der Waals surface area contributed by atoms with Crippen LogP contribution >= 0.6 is 11.6 Å². The van der Waals surface area contributed by atoms with Gasteiger partial charge in [-0.3, -0.25) is 14.4 Å². The van der Waals surface area contributed by atoms with Gasteiger partial charge in [-0.1, -0.05) is 23.7 Å². The van der Waals surface area contributed by atoms with Gasteiger partial charge in [0.15, 0.2) is 5.78 Å². The smallest absolute Gasteiger partial charge is 0.311 e. The molecular formula is C22H20ClFN2O5. The van der Waals surface area contributed by atoms with Crippen LogP contribution < -0.4 is 9.75 Å². The fraction of sp³-hybridized carbons (Fsp3) is 0.273. The van der Waals surface area contributed by atoms with E-state index in [0.717, 1.165) is 17.1 Å². The first-order valence-electron chi connectivity index (χ1n) is 9.31. The summed E-state index contributed by atoms with van der Waals surface area (Å²) < 4.78 is 23.3. The maximum atomic E-state index is 13.5. The summed E-state index contributed by atoms with van der Waals surface area (Å²) in [7, 11) is 2.71. The van der Waals surface area contributed by atoms with Gasteiger partial charge in [0.1, 0.15) is 17.0 Å². The van der Waals surface area contributed by atoms with E-state index in [1.807, 2.05) is 0 Å². The van der Waals surface area contributed by atoms with Crippen molar-refractivity contribution in [2.75, 3.05) is 19.2 Å². The number of carbonyl (C=O) groups excluding carboxylic acids is 3. The van der Waals surface area contributed by atoms with Crippen LogP contribution in [0.15, 0.2) is 47.6 Å². The number of hydrogen-bond donors (Lipinski definition) is 0. The van der Waals surface area contributed by atoms with Crippen molar-refractivity contribution in [2.45, 2.75) is 19.8 Å². The number of Topliss-reactive ketones (excluding diaryl/α,β-unsaturated/α-hetero) is 1. The van der Waals surface area contributed by atoms with Gasteiger partial charge in [0.2, 0.25) is 0 Å². The lowest BCUT2D eigenvalue weighted by Gasteiger charge is -2.23. The Balaban J connectivity index is 2.00. The third-order valence-corrected chi connectivity index (χ3v) is 5.45. The van der Waals surface area contributed by atoms with Crippen molar-refractivity contribution < 1.29 is 28.2 Å². The maximum Gasteiger partial charge on any atom is 0.311 e. The molecular weight excluding hydrogens is 427 g/mol. The first-order chi connectivity index (χ1) is 14.7. The number of anilines is 1. The number of hydrogen-bond acceptors (Lipinski definition) is 6. The summed E-state index contributed by atoms with van der Waals surface area (Å²) in [6, 6.07) is 10.3. The van der Waals surface area contributed by atoms with Gasteiger partial charge in [0.05, 0.1) is 37.1 Å². The van der Waals surface area contributed by atoms with Gasteiger partial charge in [-0.2, -0.15) is 10.1 Å². The minimum atomic E-state index is -1.73. The number of halogens is 2. The largest absolute Gasteiger partial charge is 0.497 e. The van der Waals surface area contributed by atoms with Gasteiger partial charge >= 0.3 is 5.97 Å². The predicted octanol–water partition coefficient (Wildman–Crippen LogP) is 3.57. The van der Waals surface area contributed by atoms with E-state index in [-0.39, 0.29) is 29.3 Å². The highest BCUT2D eigenvalue weighted by Gasteiger charge is 2.53. The number of benzene rings is 2. The molecule has 0 spiro atoms. The number of hydrazone groups is 1. The Morgan fingerprint density at radius 3 is 2.55 bits per heavy atom. The first kappa shape index (κ1) is 22.4. The van der Waals surface area contributed by atoms with E-state index in [1.54, 1.807) is 24.3 Å². The van der Waals surface area contributed by atoms with Gasteiger partial charge in [0, 0.05) is 6.42 Å². The molecule has 9 heteroatoms. The third kappa shape index (κ3) is 4.29. The molecule has 31 heavy (non-hydrogen) atoms. The summed E-state index contributed by atoms with van der Waals surface area (Å²) in [5.41, 5.74) is -0.963. The Morgan fingerprint density at radius 2 is 1.90 bits per heavy atom. The van der Waals surface area contributed by atoms with Crippen LogP contribution in [-0.2, 0) is 25.5 Å². The molecule has 1 atom stereocenters. The molecule has 0 bridgehead atoms. The number of ketones is 1. The molecule has 1 amide bonds. The van der Waals surface area contributed by atoms with Crippen LogP contribution in [0.4, 0.5) is 10.1 Å². The summed E-state index contributed by atoms with van der Waals surface area (Å²) in [5.74, 6) is -1.83. The predicted molar refractivity (Wildman–Crippen MR) is 113 cm³/mol. The van der Waals surface area contributed by atoms with Crippen molar-refractivity contribution in [1.82, 2.24) is 0 Å². The second kappa shape index (κ2) is 8.85. The molecule has 0 radical (unpaired) electrons. The first-order valence-corrected chi connectivity index (χ1v) is 9.69. The zero-order valence-corrected chi connectivity index (χ0v) is 17.9. The Kier molecular flexibility index (Phi) is 6.40. The van der Waals surface area contributed by atoms with E-state index in [1.165, 1.54) is 27.2 Å². The van der Waals surface area contributed by atoms with Crippen LogP contribution in [0.25, 0.3) is 0 Å². The number of ether oxygens (including phenoxy) is 2. The fourth-order valence-electron chi connectivity index (χ4n) is 3.26. The van der Waals surface area contributed by atoms with Gasteiger partial charge in [-0.15, -0.1) is 0 Å². The van der Waals surface area contributed by atoms with E-state index in [4.69, 9.17) is 21.1 Å². The highest BCUT2D eigenvalue weighted by Crippen LogP contribution is 2.38. The van der Waals surface area contributed by atoms with E-state index in [2.05, 4.69) is 5.10 Å². The fourth-order valence-corrected chi connectivity index (χ4v) is 3.51. The van der Waals surface area contributed by atoms with E-state index in [0.29, 0.717) is 11.3 Å². The number of methoxy groups -OCH3 is 2. The third-order valence-electron chi connectivity index (χ3n) is 5.15. The molecule has 7 nitrogen and oxygen atoms in total. The Bertz CT molecular complexity index is 1090. The number of rotatable bonds is 7. The van der Waals surface area contributed by atoms with Crippen molar-refractivity contribution in [3.8, 4) is 5.75 Å². The van der Waals surface area contributed by atoms with Crippen LogP contribution in [0, 0.1) is 11.2 Å². The molecule has 1 unspecified atom stereocenters. The second-order valence-corrected chi connectivity index (χ2v) is 7.50. The standard InChI is InChI=1S/C22H20ClFN2O5/c1-22(19(27)10-13-5-4-6-15(9-13)30-2)18(12-20(28)31-3)25-26(21(22)29)17-8-7-14(24)11-16(17)23/h4-9,11H,10,12H2,1-3H3. The summed E-state index contributed by atoms with van der Waals surface area (Å²) in [6.45, 7) is 1.41. The molecule has 0 aliphatic carbocycles. The molecule has 1 aliphatic heterocycles. The van der Waals surface area contributed by atoms with E-state index in [9.17, 15) is 18.8 Å². The van der Waals surface area contributed by atoms with Crippen molar-refractivity contribution in [2.24, 2.45) is 10.5 Å². The van der Waals surface area contributed by atoms with Gasteiger partial charge in [0.25, 0.3) is 5.91 Å². The van der Waals surface area contributed by atoms with Crippen molar-refractivity contribution in [3.05, 3.63) is 58.9 Å². The number of nitrogens with zero attached hydrogens (tertiary/aromatic N) is 2. The minimum absolute atomic E-state index is 0.0256. The van der Waals surface area contributed by atoms with Crippen LogP contribution in [-0.4, -0.2) is 37.6 Å². The Hall–Kier alpha value is -3.26. The summed E-state index contributed by atoms with van der Waals surface area (Å²) in [5, 5.41) is 5.09. The highest BCUT2D eigenvalue weighted by molar-refractivity contribution is 6.37. The average molecular weight is 447 g/mol. The van der Waals surface area contributed by atoms with E-state index >= 15 is 0 Å². The van der Waals surface area contributed by atoms with Crippen LogP contribution in [0.1, 0.15) is 18.9 Å². The Labute approximate surface area is 183 Å². The number of amides is 1. The molecule has 0 saturated heterocycles. The lowest BCUT2D eigenvalue weighted by atomic mass is 9.77. The summed E-state index contributed by atoms with van der Waals surface area (Å²) in [6.07, 6.45) is -0.456. The number of carbonyl (C=O) groups is 3. The lowest BCUT2D eigenvalue weighted by molar-refractivity contribution is -0.139. The monoisotopic (exact) mass is 446 g/mol. The second-order valence-electron chi connectivity index (χ2n) is 7.09. The van der Waals surface area contributed by atoms with Crippen molar-refractivity contribution in [3.63, 3.8) is 0 Å².